The molecule has 0 spiro atoms. The van der Waals surface area contributed by atoms with Crippen LogP contribution in [0.25, 0.3) is 0 Å². The summed E-state index contributed by atoms with van der Waals surface area (Å²) in [4.78, 5) is 64.6. The lowest BCUT2D eigenvalue weighted by Gasteiger charge is -2.31. The molecule has 4 amide bonds. The van der Waals surface area contributed by atoms with E-state index < -0.39 is 68.7 Å². The van der Waals surface area contributed by atoms with Crippen molar-refractivity contribution in [3.8, 4) is 0 Å². The molecule has 11 nitrogen and oxygen atoms in total. The second-order valence-corrected chi connectivity index (χ2v) is 13.5. The second-order valence-electron chi connectivity index (χ2n) is 11.5. The number of carbonyl (C=O) groups excluding carboxylic acids is 5. The Hall–Kier alpha value is -4.06. The number of hydrogen-bond donors (Lipinski definition) is 4. The Kier molecular flexibility index (Phi) is 11.6. The minimum atomic E-state index is -3.72. The molecule has 0 bridgehead atoms. The van der Waals surface area contributed by atoms with Crippen molar-refractivity contribution in [3.63, 3.8) is 0 Å². The van der Waals surface area contributed by atoms with Crippen LogP contribution < -0.4 is 21.3 Å². The second kappa shape index (κ2) is 14.2. The normalized spacial score (nSPS) is 13.8. The number of benzene rings is 2. The quantitative estimate of drug-likeness (QED) is 0.269. The summed E-state index contributed by atoms with van der Waals surface area (Å²) < 4.78 is 24.3. The molecule has 0 fully saturated rings. The lowest BCUT2D eigenvalue weighted by molar-refractivity contribution is -0.141. The number of Topliss-reactive ketones (excluding diaryl/α,β-unsaturated/α-hetero) is 1. The van der Waals surface area contributed by atoms with Crippen molar-refractivity contribution in [1.82, 2.24) is 21.3 Å². The largest absolute Gasteiger partial charge is 0.345 e. The van der Waals surface area contributed by atoms with Gasteiger partial charge >= 0.3 is 0 Å². The first-order valence-electron chi connectivity index (χ1n) is 13.5. The Morgan fingerprint density at radius 3 is 1.90 bits per heavy atom. The van der Waals surface area contributed by atoms with Gasteiger partial charge in [-0.3, -0.25) is 24.0 Å². The molecule has 3 unspecified atom stereocenters. The molecule has 0 aliphatic carbocycles. The average molecular weight is 601 g/mol. The van der Waals surface area contributed by atoms with Gasteiger partial charge in [0.1, 0.15) is 12.1 Å². The molecule has 2 rings (SSSR count). The van der Waals surface area contributed by atoms with E-state index in [4.69, 9.17) is 0 Å². The number of ketones is 1. The van der Waals surface area contributed by atoms with Gasteiger partial charge in [-0.15, -0.1) is 0 Å². The van der Waals surface area contributed by atoms with Crippen LogP contribution in [0.4, 0.5) is 0 Å². The van der Waals surface area contributed by atoms with Crippen molar-refractivity contribution in [3.05, 3.63) is 65.7 Å². The first-order valence-corrected chi connectivity index (χ1v) is 15.4. The summed E-state index contributed by atoms with van der Waals surface area (Å²) in [5.74, 6) is -4.26. The van der Waals surface area contributed by atoms with Crippen molar-refractivity contribution in [2.45, 2.75) is 71.1 Å². The molecule has 0 radical (unpaired) electrons. The molecular weight excluding hydrogens is 560 g/mol. The minimum absolute atomic E-state index is 0.114. The van der Waals surface area contributed by atoms with Crippen molar-refractivity contribution < 1.29 is 32.4 Å². The fourth-order valence-electron chi connectivity index (χ4n) is 4.04. The van der Waals surface area contributed by atoms with E-state index in [0.717, 1.165) is 11.8 Å². The molecule has 0 aromatic heterocycles. The number of carbonyl (C=O) groups is 5. The van der Waals surface area contributed by atoms with Gasteiger partial charge in [-0.05, 0) is 36.0 Å². The number of hydrogen-bond acceptors (Lipinski definition) is 7. The first kappa shape index (κ1) is 34.1. The smallest absolute Gasteiger partial charge is 0.289 e. The average Bonchev–Trinajstić information content (AvgIpc) is 2.91. The van der Waals surface area contributed by atoms with E-state index in [1.165, 1.54) is 31.2 Å². The van der Waals surface area contributed by atoms with Gasteiger partial charge < -0.3 is 21.3 Å². The molecule has 2 aromatic carbocycles. The number of rotatable bonds is 12. The zero-order chi connectivity index (χ0) is 31.8. The van der Waals surface area contributed by atoms with E-state index in [9.17, 15) is 32.4 Å². The van der Waals surface area contributed by atoms with E-state index in [0.29, 0.717) is 0 Å². The topological polar surface area (TPSA) is 168 Å². The summed E-state index contributed by atoms with van der Waals surface area (Å²) in [5.41, 5.74) is -0.138. The summed E-state index contributed by atoms with van der Waals surface area (Å²) in [6.07, 6.45) is 0.982. The van der Waals surface area contributed by atoms with Crippen molar-refractivity contribution in [2.24, 2.45) is 11.3 Å². The minimum Gasteiger partial charge on any atom is -0.345 e. The third-order valence-corrected chi connectivity index (χ3v) is 7.61. The first-order chi connectivity index (χ1) is 19.4. The predicted molar refractivity (Wildman–Crippen MR) is 158 cm³/mol. The molecule has 0 aliphatic heterocycles. The Morgan fingerprint density at radius 2 is 1.36 bits per heavy atom. The van der Waals surface area contributed by atoms with Crippen molar-refractivity contribution in [1.29, 1.82) is 0 Å². The molecule has 12 heteroatoms. The monoisotopic (exact) mass is 600 g/mol. The summed E-state index contributed by atoms with van der Waals surface area (Å²) >= 11 is 0. The van der Waals surface area contributed by atoms with Crippen molar-refractivity contribution in [2.75, 3.05) is 6.26 Å². The number of nitrogens with one attached hydrogen (secondary N) is 4. The maximum Gasteiger partial charge on any atom is 0.289 e. The summed E-state index contributed by atoms with van der Waals surface area (Å²) in [6, 6.07) is 11.3. The van der Waals surface area contributed by atoms with Gasteiger partial charge in [-0.25, -0.2) is 8.42 Å². The van der Waals surface area contributed by atoms with Crippen LogP contribution in [0, 0.1) is 11.3 Å². The fraction of sp³-hybridized carbons (Fsp3) is 0.433. The number of sulfone groups is 1. The third kappa shape index (κ3) is 9.51. The van der Waals surface area contributed by atoms with Gasteiger partial charge in [0.15, 0.2) is 9.84 Å². The molecule has 228 valence electrons. The summed E-state index contributed by atoms with van der Waals surface area (Å²) in [5, 5.41) is 10.3. The molecule has 2 aromatic rings. The van der Waals surface area contributed by atoms with Crippen LogP contribution in [0.5, 0.6) is 0 Å². The van der Waals surface area contributed by atoms with Crippen LogP contribution in [-0.4, -0.2) is 62.2 Å². The molecule has 4 N–H and O–H groups in total. The molecule has 0 saturated heterocycles. The molecule has 0 heterocycles. The highest BCUT2D eigenvalue weighted by atomic mass is 32.2. The van der Waals surface area contributed by atoms with Crippen molar-refractivity contribution >= 4 is 39.2 Å². The third-order valence-electron chi connectivity index (χ3n) is 6.45. The Labute approximate surface area is 247 Å². The highest BCUT2D eigenvalue weighted by Crippen LogP contribution is 2.22. The molecule has 0 saturated carbocycles. The van der Waals surface area contributed by atoms with Crippen LogP contribution in [0.2, 0.25) is 0 Å². The van der Waals surface area contributed by atoms with Crippen LogP contribution >= 0.6 is 0 Å². The van der Waals surface area contributed by atoms with E-state index in [1.807, 2.05) is 6.07 Å². The molecule has 42 heavy (non-hydrogen) atoms. The van der Waals surface area contributed by atoms with Gasteiger partial charge in [0, 0.05) is 12.8 Å². The molecule has 3 atom stereocenters. The van der Waals surface area contributed by atoms with E-state index in [-0.39, 0.29) is 17.0 Å². The molecule has 0 aliphatic rings. The van der Waals surface area contributed by atoms with Crippen LogP contribution in [0.1, 0.15) is 57.5 Å². The zero-order valence-corrected chi connectivity index (χ0v) is 25.8. The van der Waals surface area contributed by atoms with Crippen LogP contribution in [0.3, 0.4) is 0 Å². The predicted octanol–water partition coefficient (Wildman–Crippen LogP) is 1.77. The Balaban J connectivity index is 2.11. The Morgan fingerprint density at radius 1 is 0.786 bits per heavy atom. The fourth-order valence-corrected chi connectivity index (χ4v) is 4.93. The van der Waals surface area contributed by atoms with E-state index >= 15 is 0 Å². The molecular formula is C30H40N4O7S. The Bertz CT molecular complexity index is 1420. The maximum absolute atomic E-state index is 13.3. The standard InChI is InChI=1S/C30H40N4O7S/c1-18(2)23(24(35)28(38)31-17-20-13-9-8-10-14-20)33-26(36)19(3)32-29(39)25(30(4,5)6)34-27(37)21-15-11-12-16-22(21)42(7,40)41/h8-16,18-19,23,25H,17H2,1-7H3,(H,31,38)(H,32,39)(H,33,36)(H,34,37). The summed E-state index contributed by atoms with van der Waals surface area (Å²) in [6.45, 7) is 10.0. The number of amides is 4. The van der Waals surface area contributed by atoms with Crippen LogP contribution in [0.15, 0.2) is 59.5 Å². The SMILES string of the molecule is CC(NC(=O)C(NC(=O)c1ccccc1S(C)(=O)=O)C(C)(C)C)C(=O)NC(C(=O)C(=O)NCc1ccccc1)C(C)C. The highest BCUT2D eigenvalue weighted by molar-refractivity contribution is 7.90. The van der Waals surface area contributed by atoms with E-state index in [1.54, 1.807) is 58.9 Å². The van der Waals surface area contributed by atoms with Gasteiger partial charge in [-0.2, -0.15) is 0 Å². The highest BCUT2D eigenvalue weighted by Gasteiger charge is 2.36. The maximum atomic E-state index is 13.3. The lowest BCUT2D eigenvalue weighted by Crippen LogP contribution is -2.59. The lowest BCUT2D eigenvalue weighted by atomic mass is 9.85. The van der Waals surface area contributed by atoms with Crippen LogP contribution in [-0.2, 0) is 35.6 Å². The van der Waals surface area contributed by atoms with Gasteiger partial charge in [-0.1, -0.05) is 77.1 Å². The zero-order valence-electron chi connectivity index (χ0n) is 25.0. The van der Waals surface area contributed by atoms with Gasteiger partial charge in [0.05, 0.1) is 16.5 Å². The van der Waals surface area contributed by atoms with Gasteiger partial charge in [0.25, 0.3) is 11.8 Å². The van der Waals surface area contributed by atoms with Gasteiger partial charge in [0.2, 0.25) is 17.6 Å². The van der Waals surface area contributed by atoms with E-state index in [2.05, 4.69) is 21.3 Å². The summed E-state index contributed by atoms with van der Waals surface area (Å²) in [7, 11) is -3.72.